The molecule has 5 nitrogen and oxygen atoms in total. The Hall–Kier alpha value is -3.60. The second-order valence-electron chi connectivity index (χ2n) is 8.90. The second-order valence-corrected chi connectivity index (χ2v) is 8.90. The number of unbranched alkanes of at least 4 members (excludes halogenated alkanes) is 1. The first kappa shape index (κ1) is 19.1. The van der Waals surface area contributed by atoms with Crippen molar-refractivity contribution in [2.45, 2.75) is 39.3 Å². The molecule has 5 heteroatoms. The van der Waals surface area contributed by atoms with E-state index in [1.54, 1.807) is 0 Å². The summed E-state index contributed by atoms with van der Waals surface area (Å²) in [5.74, 6) is 0.889. The number of benzene rings is 3. The highest BCUT2D eigenvalue weighted by Crippen LogP contribution is 2.50. The van der Waals surface area contributed by atoms with Crippen molar-refractivity contribution in [3.63, 3.8) is 0 Å². The van der Waals surface area contributed by atoms with Crippen molar-refractivity contribution in [2.24, 2.45) is 0 Å². The topological polar surface area (TPSA) is 50.2 Å². The lowest BCUT2D eigenvalue weighted by Gasteiger charge is -2.38. The molecule has 6 rings (SSSR count). The number of amides is 1. The van der Waals surface area contributed by atoms with Crippen LogP contribution < -0.4 is 10.2 Å². The van der Waals surface area contributed by atoms with Crippen molar-refractivity contribution in [1.29, 1.82) is 0 Å². The largest absolute Gasteiger partial charge is 0.350 e. The molecule has 1 N–H and O–H groups in total. The number of fused-ring (bicyclic) bond motifs is 8. The fourth-order valence-electron chi connectivity index (χ4n) is 5.20. The van der Waals surface area contributed by atoms with E-state index in [4.69, 9.17) is 4.98 Å². The van der Waals surface area contributed by atoms with Gasteiger partial charge in [-0.25, -0.2) is 4.98 Å². The first-order chi connectivity index (χ1) is 15.6. The number of hydrogen-bond acceptors (Lipinski definition) is 3. The molecule has 4 aromatic rings. The Kier molecular flexibility index (Phi) is 4.00. The summed E-state index contributed by atoms with van der Waals surface area (Å²) >= 11 is 0. The van der Waals surface area contributed by atoms with Gasteiger partial charge in [-0.3, -0.25) is 9.36 Å². The minimum Gasteiger partial charge on any atom is -0.350 e. The highest BCUT2D eigenvalue weighted by Gasteiger charge is 2.56. The predicted octanol–water partition coefficient (Wildman–Crippen LogP) is 5.59. The van der Waals surface area contributed by atoms with E-state index in [9.17, 15) is 4.79 Å². The zero-order valence-electron chi connectivity index (χ0n) is 18.6. The average molecular weight is 423 g/mol. The number of aryl methyl sites for hydroxylation is 2. The number of rotatable bonds is 3. The molecule has 0 radical (unpaired) electrons. The van der Waals surface area contributed by atoms with Gasteiger partial charge in [-0.05, 0) is 61.7 Å². The third kappa shape index (κ3) is 2.34. The highest BCUT2D eigenvalue weighted by molar-refractivity contribution is 6.12. The summed E-state index contributed by atoms with van der Waals surface area (Å²) < 4.78 is 2.14. The molecular formula is C27H26N4O. The molecule has 3 heterocycles. The normalized spacial score (nSPS) is 18.6. The van der Waals surface area contributed by atoms with Gasteiger partial charge in [0.25, 0.3) is 5.91 Å². The molecule has 1 aromatic heterocycles. The Labute approximate surface area is 187 Å². The first-order valence-corrected chi connectivity index (χ1v) is 11.4. The van der Waals surface area contributed by atoms with Crippen molar-refractivity contribution in [1.82, 2.24) is 9.55 Å². The fourth-order valence-corrected chi connectivity index (χ4v) is 5.20. The lowest BCUT2D eigenvalue weighted by atomic mass is 9.95. The lowest BCUT2D eigenvalue weighted by molar-refractivity contribution is -0.123. The molecule has 1 spiro atoms. The quantitative estimate of drug-likeness (QED) is 0.468. The van der Waals surface area contributed by atoms with E-state index in [-0.39, 0.29) is 5.91 Å². The molecule has 0 aliphatic carbocycles. The molecule has 3 aromatic carbocycles. The van der Waals surface area contributed by atoms with Crippen molar-refractivity contribution < 1.29 is 4.79 Å². The van der Waals surface area contributed by atoms with Crippen LogP contribution in [0.25, 0.3) is 22.4 Å². The summed E-state index contributed by atoms with van der Waals surface area (Å²) in [6.45, 7) is 7.09. The standard InChI is InChI=1S/C27H26N4O/c1-4-5-14-30-23-13-9-7-11-20(23)27(26(30)32)29-21-12-8-6-10-19(21)25-28-22-15-17(2)18(3)16-24(22)31(25)27/h6-13,15-16,29H,4-5,14H2,1-3H3. The van der Waals surface area contributed by atoms with Crippen molar-refractivity contribution in [3.8, 4) is 11.4 Å². The van der Waals surface area contributed by atoms with Gasteiger partial charge < -0.3 is 10.2 Å². The van der Waals surface area contributed by atoms with Crippen LogP contribution in [0.4, 0.5) is 11.4 Å². The maximum Gasteiger partial charge on any atom is 0.279 e. The molecule has 160 valence electrons. The van der Waals surface area contributed by atoms with E-state index < -0.39 is 5.66 Å². The lowest BCUT2D eigenvalue weighted by Crippen LogP contribution is -2.53. The summed E-state index contributed by atoms with van der Waals surface area (Å²) in [7, 11) is 0. The van der Waals surface area contributed by atoms with Gasteiger partial charge in [0.05, 0.1) is 16.7 Å². The summed E-state index contributed by atoms with van der Waals surface area (Å²) in [4.78, 5) is 21.3. The summed E-state index contributed by atoms with van der Waals surface area (Å²) in [6.07, 6.45) is 2.00. The van der Waals surface area contributed by atoms with Crippen LogP contribution in [0.1, 0.15) is 36.5 Å². The third-order valence-electron chi connectivity index (χ3n) is 6.96. The van der Waals surface area contributed by atoms with Crippen LogP contribution in [0, 0.1) is 13.8 Å². The Balaban J connectivity index is 1.72. The van der Waals surface area contributed by atoms with Gasteiger partial charge in [0.15, 0.2) is 0 Å². The van der Waals surface area contributed by atoms with E-state index in [2.05, 4.69) is 61.0 Å². The molecule has 2 aliphatic rings. The van der Waals surface area contributed by atoms with Crippen LogP contribution in [0.5, 0.6) is 0 Å². The number of carbonyl (C=O) groups excluding carboxylic acids is 1. The number of para-hydroxylation sites is 2. The summed E-state index contributed by atoms with van der Waals surface area (Å²) in [5.41, 5.74) is 7.14. The number of nitrogens with one attached hydrogen (secondary N) is 1. The Morgan fingerprint density at radius 1 is 1.00 bits per heavy atom. The fraction of sp³-hybridized carbons (Fsp3) is 0.259. The van der Waals surface area contributed by atoms with E-state index >= 15 is 0 Å². The van der Waals surface area contributed by atoms with E-state index in [1.807, 2.05) is 35.2 Å². The van der Waals surface area contributed by atoms with Crippen LogP contribution in [0.3, 0.4) is 0 Å². The second kappa shape index (κ2) is 6.70. The zero-order chi connectivity index (χ0) is 22.0. The molecule has 0 bridgehead atoms. The maximum atomic E-state index is 14.3. The molecule has 2 aliphatic heterocycles. The molecule has 1 atom stereocenters. The molecule has 32 heavy (non-hydrogen) atoms. The number of nitrogens with zero attached hydrogens (tertiary/aromatic N) is 3. The number of anilines is 2. The van der Waals surface area contributed by atoms with Crippen molar-refractivity contribution in [2.75, 3.05) is 16.8 Å². The Bertz CT molecular complexity index is 1400. The van der Waals surface area contributed by atoms with Gasteiger partial charge in [-0.2, -0.15) is 0 Å². The van der Waals surface area contributed by atoms with Crippen LogP contribution in [-0.2, 0) is 10.5 Å². The molecule has 0 saturated heterocycles. The van der Waals surface area contributed by atoms with Crippen LogP contribution in [-0.4, -0.2) is 22.0 Å². The number of hydrogen-bond donors (Lipinski definition) is 1. The predicted molar refractivity (Wildman–Crippen MR) is 129 cm³/mol. The molecular weight excluding hydrogens is 396 g/mol. The smallest absolute Gasteiger partial charge is 0.279 e. The van der Waals surface area contributed by atoms with Crippen LogP contribution in [0.15, 0.2) is 60.7 Å². The molecule has 0 fully saturated rings. The average Bonchev–Trinajstić information content (AvgIpc) is 3.27. The van der Waals surface area contributed by atoms with Crippen LogP contribution >= 0.6 is 0 Å². The van der Waals surface area contributed by atoms with Gasteiger partial charge in [0.2, 0.25) is 5.66 Å². The minimum atomic E-state index is -1.05. The highest BCUT2D eigenvalue weighted by atomic mass is 16.2. The van der Waals surface area contributed by atoms with E-state index in [1.165, 1.54) is 11.1 Å². The van der Waals surface area contributed by atoms with Gasteiger partial charge in [-0.15, -0.1) is 0 Å². The van der Waals surface area contributed by atoms with Gasteiger partial charge in [0, 0.05) is 23.4 Å². The number of aromatic nitrogens is 2. The van der Waals surface area contributed by atoms with Crippen molar-refractivity contribution in [3.05, 3.63) is 77.4 Å². The third-order valence-corrected chi connectivity index (χ3v) is 6.96. The molecule has 0 saturated carbocycles. The Morgan fingerprint density at radius 3 is 2.59 bits per heavy atom. The first-order valence-electron chi connectivity index (χ1n) is 11.4. The Morgan fingerprint density at radius 2 is 1.75 bits per heavy atom. The van der Waals surface area contributed by atoms with Crippen LogP contribution in [0.2, 0.25) is 0 Å². The monoisotopic (exact) mass is 422 g/mol. The summed E-state index contributed by atoms with van der Waals surface area (Å²) in [5, 5.41) is 3.69. The molecule has 1 amide bonds. The van der Waals surface area contributed by atoms with E-state index in [0.29, 0.717) is 6.54 Å². The van der Waals surface area contributed by atoms with Gasteiger partial charge in [-0.1, -0.05) is 43.7 Å². The van der Waals surface area contributed by atoms with Crippen molar-refractivity contribution >= 4 is 28.3 Å². The number of imidazole rings is 1. The molecule has 1 unspecified atom stereocenters. The summed E-state index contributed by atoms with van der Waals surface area (Å²) in [6, 6.07) is 20.6. The van der Waals surface area contributed by atoms with Gasteiger partial charge >= 0.3 is 0 Å². The minimum absolute atomic E-state index is 0.0560. The SMILES string of the molecule is CCCCN1C(=O)C2(Nc3ccccc3-c3nc4cc(C)c(C)cc4n32)c2ccccc21. The van der Waals surface area contributed by atoms with Gasteiger partial charge in [0.1, 0.15) is 5.82 Å². The maximum absolute atomic E-state index is 14.3. The van der Waals surface area contributed by atoms with E-state index in [0.717, 1.165) is 52.2 Å². The zero-order valence-corrected chi connectivity index (χ0v) is 18.6. The number of carbonyl (C=O) groups is 1.